The van der Waals surface area contributed by atoms with E-state index in [-0.39, 0.29) is 87.5 Å². The zero-order chi connectivity index (χ0) is 65.8. The third kappa shape index (κ3) is 9.49. The standard InChI is InChI=1S/C74H76N4O/c1-70(2,3)52-34-37-75-68(44-52)78-64-27-18-17-26-58(64)59-32-31-57(46-67(59)78)79-56-25-21-24-55(45-56)76-47-77(66-29-20-19-28-65(66)76)69-60(49-30-33-62-63(41-49)74(12,13)36-35-73(62,10)11)42-54(72(7,8)9)43-61(69)51-38-50(48-22-15-14-16-23-48)39-53(40-51)71(4,5)6/h14-34,37-46H,35-36,47H2,1-13H3/i14D,15D,16D,17D,18D,22D,23D,26D,27D,38D,39D,40D. The van der Waals surface area contributed by atoms with Crippen molar-refractivity contribution in [3.05, 3.63) is 216 Å². The molecule has 1 aliphatic carbocycles. The number of rotatable bonds is 8. The average molecular weight is 1050 g/mol. The maximum absolute atomic E-state index is 10.5. The number of benzene rings is 8. The molecule has 79 heavy (non-hydrogen) atoms. The van der Waals surface area contributed by atoms with Crippen LogP contribution in [-0.2, 0) is 27.1 Å². The Hall–Kier alpha value is -7.89. The predicted molar refractivity (Wildman–Crippen MR) is 335 cm³/mol. The van der Waals surface area contributed by atoms with Crippen molar-refractivity contribution in [2.24, 2.45) is 0 Å². The van der Waals surface area contributed by atoms with E-state index in [0.29, 0.717) is 50.4 Å². The molecule has 2 aliphatic rings. The lowest BCUT2D eigenvalue weighted by Crippen LogP contribution is -2.33. The van der Waals surface area contributed by atoms with E-state index in [9.17, 15) is 8.22 Å². The van der Waals surface area contributed by atoms with Gasteiger partial charge in [-0.25, -0.2) is 4.98 Å². The maximum Gasteiger partial charge on any atom is 0.137 e. The van der Waals surface area contributed by atoms with Crippen molar-refractivity contribution >= 4 is 44.6 Å². The Morgan fingerprint density at radius 1 is 0.494 bits per heavy atom. The number of para-hydroxylation sites is 3. The van der Waals surface area contributed by atoms with Crippen LogP contribution in [0.2, 0.25) is 0 Å². The van der Waals surface area contributed by atoms with Gasteiger partial charge in [0.05, 0.1) is 44.5 Å². The number of hydrogen-bond donors (Lipinski definition) is 0. The van der Waals surface area contributed by atoms with Gasteiger partial charge in [-0.3, -0.25) is 4.57 Å². The molecule has 8 aromatic carbocycles. The first-order chi connectivity index (χ1) is 42.5. The van der Waals surface area contributed by atoms with Crippen LogP contribution in [0.5, 0.6) is 11.5 Å². The van der Waals surface area contributed by atoms with Crippen LogP contribution in [-0.4, -0.2) is 16.2 Å². The zero-order valence-electron chi connectivity index (χ0n) is 59.8. The molecule has 0 bridgehead atoms. The fourth-order valence-corrected chi connectivity index (χ4v) is 11.5. The fraction of sp³-hybridized carbons (Fsp3) is 0.284. The minimum absolute atomic E-state index is 0.0600. The molecule has 2 aromatic heterocycles. The number of hydrogen-bond acceptors (Lipinski definition) is 4. The minimum Gasteiger partial charge on any atom is -0.457 e. The van der Waals surface area contributed by atoms with Gasteiger partial charge in [0.2, 0.25) is 0 Å². The summed E-state index contributed by atoms with van der Waals surface area (Å²) >= 11 is 0. The van der Waals surface area contributed by atoms with E-state index in [2.05, 4.69) is 122 Å². The summed E-state index contributed by atoms with van der Waals surface area (Å²) in [7, 11) is 0. The van der Waals surface area contributed by atoms with Crippen LogP contribution in [0.4, 0.5) is 22.7 Å². The molecule has 5 nitrogen and oxygen atoms in total. The summed E-state index contributed by atoms with van der Waals surface area (Å²) in [6, 6.07) is 32.0. The lowest BCUT2D eigenvalue weighted by atomic mass is 9.63. The van der Waals surface area contributed by atoms with Gasteiger partial charge >= 0.3 is 0 Å². The molecule has 5 heteroatoms. The molecule has 398 valence electrons. The smallest absolute Gasteiger partial charge is 0.137 e. The van der Waals surface area contributed by atoms with E-state index < -0.39 is 41.0 Å². The summed E-state index contributed by atoms with van der Waals surface area (Å²) in [5, 5.41) is 0.992. The molecule has 0 fully saturated rings. The number of pyridine rings is 1. The van der Waals surface area contributed by atoms with Crippen molar-refractivity contribution < 1.29 is 21.2 Å². The summed E-state index contributed by atoms with van der Waals surface area (Å²) < 4.78 is 120. The first-order valence-electron chi connectivity index (χ1n) is 33.5. The van der Waals surface area contributed by atoms with Gasteiger partial charge in [0.1, 0.15) is 24.0 Å². The second kappa shape index (κ2) is 18.9. The zero-order valence-corrected chi connectivity index (χ0v) is 47.8. The summed E-state index contributed by atoms with van der Waals surface area (Å²) in [5.74, 6) is 1.46. The summed E-state index contributed by atoms with van der Waals surface area (Å²) in [6.45, 7) is 27.9. The Morgan fingerprint density at radius 2 is 1.14 bits per heavy atom. The van der Waals surface area contributed by atoms with Gasteiger partial charge in [-0.05, 0) is 163 Å². The summed E-state index contributed by atoms with van der Waals surface area (Å²) in [4.78, 5) is 9.20. The second-order valence-electron chi connectivity index (χ2n) is 25.9. The lowest BCUT2D eigenvalue weighted by molar-refractivity contribution is 0.332. The molecular formula is C74H76N4O. The monoisotopic (exact) mass is 1050 g/mol. The molecular weight excluding hydrogens is 961 g/mol. The van der Waals surface area contributed by atoms with Crippen molar-refractivity contribution in [1.29, 1.82) is 0 Å². The molecule has 0 saturated heterocycles. The lowest BCUT2D eigenvalue weighted by Gasteiger charge is -2.42. The summed E-state index contributed by atoms with van der Waals surface area (Å²) in [6.07, 6.45) is 3.73. The number of nitrogens with zero attached hydrogens (tertiary/aromatic N) is 4. The molecule has 0 unspecified atom stereocenters. The van der Waals surface area contributed by atoms with Gasteiger partial charge in [-0.15, -0.1) is 0 Å². The first kappa shape index (κ1) is 39.5. The normalized spacial score (nSPS) is 17.3. The van der Waals surface area contributed by atoms with Crippen molar-refractivity contribution in [3.8, 4) is 50.7 Å². The fourth-order valence-electron chi connectivity index (χ4n) is 11.5. The topological polar surface area (TPSA) is 33.5 Å². The van der Waals surface area contributed by atoms with Crippen molar-refractivity contribution in [3.63, 3.8) is 0 Å². The largest absolute Gasteiger partial charge is 0.457 e. The molecule has 0 atom stereocenters. The third-order valence-electron chi connectivity index (χ3n) is 16.3. The Bertz CT molecular complexity index is 4690. The predicted octanol–water partition coefficient (Wildman–Crippen LogP) is 20.5. The molecule has 0 N–H and O–H groups in total. The second-order valence-corrected chi connectivity index (χ2v) is 25.9. The van der Waals surface area contributed by atoms with E-state index in [4.69, 9.17) is 17.9 Å². The third-order valence-corrected chi connectivity index (χ3v) is 16.3. The number of fused-ring (bicyclic) bond motifs is 5. The van der Waals surface area contributed by atoms with E-state index in [1.165, 1.54) is 11.1 Å². The Morgan fingerprint density at radius 3 is 1.86 bits per heavy atom. The van der Waals surface area contributed by atoms with Gasteiger partial charge in [-0.2, -0.15) is 0 Å². The maximum atomic E-state index is 10.5. The first-order valence-corrected chi connectivity index (χ1v) is 27.5. The minimum atomic E-state index is -0.890. The van der Waals surface area contributed by atoms with E-state index in [1.54, 1.807) is 10.8 Å². The quantitative estimate of drug-likeness (QED) is 0.152. The van der Waals surface area contributed by atoms with Crippen LogP contribution in [0.15, 0.2) is 188 Å². The number of aromatic nitrogens is 2. The van der Waals surface area contributed by atoms with Gasteiger partial charge in [0, 0.05) is 45.9 Å². The summed E-state index contributed by atoms with van der Waals surface area (Å²) in [5.41, 5.74) is 8.94. The van der Waals surface area contributed by atoms with Crippen LogP contribution in [0, 0.1) is 0 Å². The molecule has 3 heterocycles. The highest BCUT2D eigenvalue weighted by Crippen LogP contribution is 2.54. The molecule has 0 amide bonds. The Kier molecular flexibility index (Phi) is 9.44. The Balaban J connectivity index is 1.07. The van der Waals surface area contributed by atoms with Crippen LogP contribution in [0.3, 0.4) is 0 Å². The number of ether oxygens (including phenoxy) is 1. The van der Waals surface area contributed by atoms with E-state index in [0.717, 1.165) is 52.2 Å². The van der Waals surface area contributed by atoms with E-state index in [1.807, 2.05) is 87.5 Å². The Labute approximate surface area is 486 Å². The molecule has 0 radical (unpaired) electrons. The molecule has 10 aromatic rings. The highest BCUT2D eigenvalue weighted by atomic mass is 16.5. The molecule has 1 aliphatic heterocycles. The van der Waals surface area contributed by atoms with Crippen molar-refractivity contribution in [2.45, 2.75) is 130 Å². The van der Waals surface area contributed by atoms with Gasteiger partial charge in [-0.1, -0.05) is 187 Å². The van der Waals surface area contributed by atoms with E-state index >= 15 is 0 Å². The number of anilines is 4. The van der Waals surface area contributed by atoms with Gasteiger partial charge in [0.15, 0.2) is 0 Å². The molecule has 0 saturated carbocycles. The van der Waals surface area contributed by atoms with Gasteiger partial charge in [0.25, 0.3) is 0 Å². The highest BCUT2D eigenvalue weighted by molar-refractivity contribution is 6.09. The van der Waals surface area contributed by atoms with Crippen LogP contribution >= 0.6 is 0 Å². The van der Waals surface area contributed by atoms with Crippen LogP contribution in [0.1, 0.15) is 147 Å². The van der Waals surface area contributed by atoms with Crippen LogP contribution in [0.25, 0.3) is 61.0 Å². The molecule has 0 spiro atoms. The van der Waals surface area contributed by atoms with Crippen molar-refractivity contribution in [1.82, 2.24) is 9.55 Å². The highest BCUT2D eigenvalue weighted by Gasteiger charge is 2.39. The van der Waals surface area contributed by atoms with Gasteiger partial charge < -0.3 is 14.5 Å². The van der Waals surface area contributed by atoms with Crippen LogP contribution < -0.4 is 14.5 Å². The van der Waals surface area contributed by atoms with Crippen molar-refractivity contribution in [2.75, 3.05) is 16.5 Å². The average Bonchev–Trinajstić information content (AvgIpc) is 1.75. The molecule has 12 rings (SSSR count). The SMILES string of the molecule is [2H]c1c([2H])c([2H])c(-c2c([2H])c(-c3cc(C(C)(C)C)cc(-c4ccc5c(c4)C(C)(C)CCC5(C)C)c3N3CN(c4cccc(Oc5ccc6c7c([2H])c([2H])c([2H])c([2H])c7n(-c7cc(C(C)(C)C)ccn7)c6c5)c4)c4ccccc43)c([2H])c(C(C)(C)C)c2[2H])c([2H])c1[2H].